The summed E-state index contributed by atoms with van der Waals surface area (Å²) in [7, 11) is 2.06. The van der Waals surface area contributed by atoms with Gasteiger partial charge in [-0.2, -0.15) is 5.26 Å². The summed E-state index contributed by atoms with van der Waals surface area (Å²) in [5.74, 6) is 0.196. The van der Waals surface area contributed by atoms with Crippen molar-refractivity contribution >= 4 is 29.6 Å². The van der Waals surface area contributed by atoms with Crippen LogP contribution in [0.1, 0.15) is 104 Å². The predicted molar refractivity (Wildman–Crippen MR) is 203 cm³/mol. The summed E-state index contributed by atoms with van der Waals surface area (Å²) < 4.78 is 5.85. The molecule has 2 fully saturated rings. The Bertz CT molecular complexity index is 1790. The zero-order valence-corrected chi connectivity index (χ0v) is 31.6. The Hall–Kier alpha value is -4.86. The second kappa shape index (κ2) is 17.6. The first kappa shape index (κ1) is 39.9. The number of nitrogens with one attached hydrogen (secondary N) is 2. The van der Waals surface area contributed by atoms with Gasteiger partial charge < -0.3 is 19.9 Å². The fourth-order valence-corrected chi connectivity index (χ4v) is 7.98. The summed E-state index contributed by atoms with van der Waals surface area (Å²) in [5, 5.41) is 12.3. The number of carbonyl (C=O) groups is 3. The number of carbonyl (C=O) groups excluding carboxylic acids is 3. The molecule has 3 aromatic rings. The van der Waals surface area contributed by atoms with Crippen LogP contribution < -0.4 is 25.4 Å². The van der Waals surface area contributed by atoms with Gasteiger partial charge in [0, 0.05) is 44.0 Å². The summed E-state index contributed by atoms with van der Waals surface area (Å²) in [6.07, 6.45) is 6.63. The molecule has 12 heteroatoms. The number of fused-ring (bicyclic) bond motifs is 1. The molecule has 3 aliphatic rings. The van der Waals surface area contributed by atoms with E-state index in [-0.39, 0.29) is 22.5 Å². The van der Waals surface area contributed by atoms with Gasteiger partial charge in [0.25, 0.3) is 17.4 Å². The lowest BCUT2D eigenvalue weighted by Crippen LogP contribution is -2.61. The zero-order chi connectivity index (χ0) is 38.1. The van der Waals surface area contributed by atoms with Gasteiger partial charge in [0.1, 0.15) is 29.0 Å². The maximum atomic E-state index is 13.0. The monoisotopic (exact) mass is 711 g/mol. The van der Waals surface area contributed by atoms with Gasteiger partial charge in [0.05, 0.1) is 17.7 Å². The van der Waals surface area contributed by atoms with Gasteiger partial charge in [-0.25, -0.2) is 9.88 Å². The minimum atomic E-state index is -0.686. The highest BCUT2D eigenvalue weighted by molar-refractivity contribution is 6.34. The highest BCUT2D eigenvalue weighted by Crippen LogP contribution is 2.53. The van der Waals surface area contributed by atoms with Crippen molar-refractivity contribution in [2.24, 2.45) is 10.8 Å². The van der Waals surface area contributed by atoms with Crippen LogP contribution >= 0.6 is 0 Å². The number of anilines is 2. The third-order valence-corrected chi connectivity index (χ3v) is 9.86. The summed E-state index contributed by atoms with van der Waals surface area (Å²) in [5.41, 5.74) is 1.22. The Kier molecular flexibility index (Phi) is 13.5. The molecule has 52 heavy (non-hydrogen) atoms. The van der Waals surface area contributed by atoms with E-state index >= 15 is 0 Å². The molecular weight excluding hydrogens is 658 g/mol. The summed E-state index contributed by atoms with van der Waals surface area (Å²) in [4.78, 5) is 61.1. The first-order valence-corrected chi connectivity index (χ1v) is 18.2. The number of hydrogen-bond donors (Lipinski definition) is 2. The van der Waals surface area contributed by atoms with E-state index in [9.17, 15) is 19.2 Å². The SMILES string of the molecule is CC.CNC1C(C)(C)CC1(C)C.N#Cc1ccc(N2C(=O)c3ccc(OCCCCCN4CCN(c5ccc(C=O)cn5)CC4)cc3C2=O)c(=O)[nH]1. The topological polar surface area (TPSA) is 152 Å². The highest BCUT2D eigenvalue weighted by atomic mass is 16.5. The molecule has 2 aliphatic heterocycles. The van der Waals surface area contributed by atoms with E-state index in [0.29, 0.717) is 34.8 Å². The first-order valence-electron chi connectivity index (χ1n) is 18.2. The van der Waals surface area contributed by atoms with E-state index in [0.717, 1.165) is 69.0 Å². The zero-order valence-electron chi connectivity index (χ0n) is 31.6. The summed E-state index contributed by atoms with van der Waals surface area (Å²) >= 11 is 0. The van der Waals surface area contributed by atoms with E-state index < -0.39 is 17.4 Å². The average Bonchev–Trinajstić information content (AvgIpc) is 3.38. The number of pyridine rings is 2. The molecule has 1 saturated heterocycles. The Morgan fingerprint density at radius 3 is 2.19 bits per heavy atom. The molecule has 1 aliphatic carbocycles. The minimum absolute atomic E-state index is 0.0417. The number of piperazine rings is 1. The molecule has 2 amide bonds. The smallest absolute Gasteiger partial charge is 0.273 e. The van der Waals surface area contributed by atoms with Crippen LogP contribution in [-0.4, -0.2) is 85.4 Å². The Labute approximate surface area is 307 Å². The molecule has 4 heterocycles. The number of hydrogen-bond acceptors (Lipinski definition) is 10. The number of nitrogens with zero attached hydrogens (tertiary/aromatic N) is 5. The number of benzene rings is 1. The van der Waals surface area contributed by atoms with Crippen LogP contribution in [0, 0.1) is 22.2 Å². The first-order chi connectivity index (χ1) is 24.9. The third kappa shape index (κ3) is 9.13. The summed E-state index contributed by atoms with van der Waals surface area (Å²) in [6.45, 7) is 18.5. The van der Waals surface area contributed by atoms with Crippen LogP contribution in [0.5, 0.6) is 5.75 Å². The van der Waals surface area contributed by atoms with E-state index in [1.165, 1.54) is 30.7 Å². The lowest BCUT2D eigenvalue weighted by atomic mass is 9.52. The lowest BCUT2D eigenvalue weighted by molar-refractivity contribution is -0.0364. The van der Waals surface area contributed by atoms with Gasteiger partial charge in [-0.1, -0.05) is 41.5 Å². The molecule has 0 radical (unpaired) electrons. The van der Waals surface area contributed by atoms with Crippen molar-refractivity contribution in [1.82, 2.24) is 20.2 Å². The van der Waals surface area contributed by atoms with Gasteiger partial charge in [-0.15, -0.1) is 0 Å². The Morgan fingerprint density at radius 2 is 1.63 bits per heavy atom. The quantitative estimate of drug-likeness (QED) is 0.144. The molecule has 1 saturated carbocycles. The van der Waals surface area contributed by atoms with Crippen LogP contribution in [0.3, 0.4) is 0 Å². The maximum Gasteiger partial charge on any atom is 0.273 e. The van der Waals surface area contributed by atoms with Crippen LogP contribution in [0.15, 0.2) is 53.5 Å². The maximum absolute atomic E-state index is 13.0. The normalized spacial score (nSPS) is 17.5. The molecule has 2 aromatic heterocycles. The number of unbranched alkanes of at least 4 members (excludes halogenated alkanes) is 2. The van der Waals surface area contributed by atoms with Crippen molar-refractivity contribution in [3.63, 3.8) is 0 Å². The molecule has 0 atom stereocenters. The van der Waals surface area contributed by atoms with Gasteiger partial charge in [-0.05, 0) is 92.6 Å². The Morgan fingerprint density at radius 1 is 0.942 bits per heavy atom. The number of aldehydes is 1. The van der Waals surface area contributed by atoms with Crippen molar-refractivity contribution in [2.45, 2.75) is 73.3 Å². The third-order valence-electron chi connectivity index (χ3n) is 9.86. The number of H-pyrrole nitrogens is 1. The van der Waals surface area contributed by atoms with Crippen LogP contribution in [0.4, 0.5) is 11.5 Å². The lowest BCUT2D eigenvalue weighted by Gasteiger charge is -2.57. The van der Waals surface area contributed by atoms with Crippen molar-refractivity contribution in [1.29, 1.82) is 5.26 Å². The molecule has 0 unspecified atom stereocenters. The fraction of sp³-hybridized carbons (Fsp3) is 0.500. The largest absolute Gasteiger partial charge is 0.494 e. The number of ether oxygens (including phenoxy) is 1. The molecule has 12 nitrogen and oxygen atoms in total. The van der Waals surface area contributed by atoms with E-state index in [2.05, 4.69) is 59.8 Å². The molecule has 2 N–H and O–H groups in total. The number of aromatic amines is 1. The standard InChI is InChI=1S/C29H28N6O5.C9H19N.C2H6/c30-17-21-5-8-25(27(37)32-21)35-28(38)23-7-6-22(16-24(23)29(35)39)40-15-3-1-2-10-33-11-13-34(14-12-33)26-9-4-20(19-36)18-31-26;1-8(2)6-9(3,4)7(8)10-5;1-2/h4-9,16,18-19H,1-3,10-15H2,(H,32,37);7,10H,6H2,1-5H3;1-2H3. The van der Waals surface area contributed by atoms with Crippen molar-refractivity contribution < 1.29 is 19.1 Å². The molecule has 278 valence electrons. The minimum Gasteiger partial charge on any atom is -0.494 e. The number of amides is 2. The number of imide groups is 1. The average molecular weight is 712 g/mol. The van der Waals surface area contributed by atoms with Gasteiger partial charge >= 0.3 is 0 Å². The highest BCUT2D eigenvalue weighted by Gasteiger charge is 2.51. The van der Waals surface area contributed by atoms with Crippen molar-refractivity contribution in [2.75, 3.05) is 56.2 Å². The van der Waals surface area contributed by atoms with E-state index in [1.807, 2.05) is 26.0 Å². The second-order valence-electron chi connectivity index (χ2n) is 14.5. The molecular formula is C40H53N7O5. The predicted octanol–water partition coefficient (Wildman–Crippen LogP) is 5.68. The van der Waals surface area contributed by atoms with Crippen LogP contribution in [0.25, 0.3) is 0 Å². The van der Waals surface area contributed by atoms with Crippen LogP contribution in [-0.2, 0) is 0 Å². The second-order valence-corrected chi connectivity index (χ2v) is 14.5. The van der Waals surface area contributed by atoms with Gasteiger partial charge in [-0.3, -0.25) is 24.1 Å². The molecule has 1 aromatic carbocycles. The van der Waals surface area contributed by atoms with Gasteiger partial charge in [0.15, 0.2) is 6.29 Å². The number of aromatic nitrogens is 2. The van der Waals surface area contributed by atoms with Crippen LogP contribution in [0.2, 0.25) is 0 Å². The molecule has 6 rings (SSSR count). The van der Waals surface area contributed by atoms with Crippen molar-refractivity contribution in [3.8, 4) is 11.8 Å². The summed E-state index contributed by atoms with van der Waals surface area (Å²) in [6, 6.07) is 13.6. The fourth-order valence-electron chi connectivity index (χ4n) is 7.98. The van der Waals surface area contributed by atoms with Crippen molar-refractivity contribution in [3.05, 3.63) is 81.4 Å². The molecule has 0 spiro atoms. The Balaban J connectivity index is 0.000000432. The van der Waals surface area contributed by atoms with E-state index in [4.69, 9.17) is 10.00 Å². The number of nitriles is 1. The molecule has 0 bridgehead atoms. The van der Waals surface area contributed by atoms with E-state index in [1.54, 1.807) is 18.3 Å². The van der Waals surface area contributed by atoms with Gasteiger partial charge in [0.2, 0.25) is 0 Å². The number of rotatable bonds is 11.